The number of hydrogen-bond donors (Lipinski definition) is 1. The molecule has 0 bridgehead atoms. The molecule has 0 aliphatic carbocycles. The number of fused-ring (bicyclic) bond motifs is 1. The summed E-state index contributed by atoms with van der Waals surface area (Å²) < 4.78 is 6.03. The maximum Gasteiger partial charge on any atom is 0.130 e. The second kappa shape index (κ2) is 7.14. The molecule has 0 spiro atoms. The number of nitrogens with zero attached hydrogens (tertiary/aromatic N) is 3. The minimum absolute atomic E-state index is 0.377. The minimum Gasteiger partial charge on any atom is -0.375 e. The van der Waals surface area contributed by atoms with Crippen LogP contribution in [0, 0.1) is 12.8 Å². The third-order valence-electron chi connectivity index (χ3n) is 4.91. The first-order valence-electron chi connectivity index (χ1n) is 9.02. The van der Waals surface area contributed by atoms with E-state index in [2.05, 4.69) is 47.0 Å². The molecule has 1 N–H and O–H groups in total. The number of nitrogens with one attached hydrogen (secondary N) is 1. The standard InChI is InChI=1S/C18H30N4O/c1-5-6-17-19-13(4)7-18(21-17)20-14-8-15-11-23-16(12(2)3)10-22(15)9-14/h7,12,14-16H,5-6,8-11H2,1-4H3,(H,19,20,21)/t14-,15-,16-/m0/s1. The molecule has 0 aromatic carbocycles. The second-order valence-corrected chi connectivity index (χ2v) is 7.36. The normalized spacial score (nSPS) is 28.1. The summed E-state index contributed by atoms with van der Waals surface area (Å²) in [6, 6.07) is 3.07. The van der Waals surface area contributed by atoms with Crippen molar-refractivity contribution in [2.75, 3.05) is 25.0 Å². The first-order chi connectivity index (χ1) is 11.0. The van der Waals surface area contributed by atoms with Crippen LogP contribution in [-0.4, -0.2) is 52.8 Å². The van der Waals surface area contributed by atoms with Crippen LogP contribution in [-0.2, 0) is 11.2 Å². The van der Waals surface area contributed by atoms with Crippen LogP contribution in [0.15, 0.2) is 6.07 Å². The first-order valence-corrected chi connectivity index (χ1v) is 9.02. The summed E-state index contributed by atoms with van der Waals surface area (Å²) >= 11 is 0. The third-order valence-corrected chi connectivity index (χ3v) is 4.91. The van der Waals surface area contributed by atoms with Gasteiger partial charge in [0.2, 0.25) is 0 Å². The number of hydrogen-bond acceptors (Lipinski definition) is 5. The smallest absolute Gasteiger partial charge is 0.130 e. The highest BCUT2D eigenvalue weighted by molar-refractivity contribution is 5.37. The molecule has 2 saturated heterocycles. The molecule has 1 aromatic heterocycles. The zero-order valence-electron chi connectivity index (χ0n) is 14.9. The maximum absolute atomic E-state index is 6.03. The molecule has 3 rings (SSSR count). The number of rotatable bonds is 5. The number of aryl methyl sites for hydroxylation is 2. The molecule has 3 atom stereocenters. The lowest BCUT2D eigenvalue weighted by atomic mass is 10.0. The third kappa shape index (κ3) is 4.01. The Labute approximate surface area is 139 Å². The average Bonchev–Trinajstić information content (AvgIpc) is 2.87. The van der Waals surface area contributed by atoms with Crippen molar-refractivity contribution in [1.29, 1.82) is 0 Å². The fourth-order valence-corrected chi connectivity index (χ4v) is 3.66. The van der Waals surface area contributed by atoms with Gasteiger partial charge in [0.05, 0.1) is 12.7 Å². The summed E-state index contributed by atoms with van der Waals surface area (Å²) in [6.07, 6.45) is 3.54. The van der Waals surface area contributed by atoms with Gasteiger partial charge in [0, 0.05) is 43.4 Å². The van der Waals surface area contributed by atoms with Crippen LogP contribution < -0.4 is 5.32 Å². The molecule has 128 valence electrons. The predicted molar refractivity (Wildman–Crippen MR) is 92.7 cm³/mol. The van der Waals surface area contributed by atoms with Crippen LogP contribution in [0.4, 0.5) is 5.82 Å². The quantitative estimate of drug-likeness (QED) is 0.904. The highest BCUT2D eigenvalue weighted by atomic mass is 16.5. The lowest BCUT2D eigenvalue weighted by molar-refractivity contribution is -0.0683. The van der Waals surface area contributed by atoms with E-state index in [0.29, 0.717) is 24.1 Å². The number of morpholine rings is 1. The lowest BCUT2D eigenvalue weighted by Gasteiger charge is -2.36. The Kier molecular flexibility index (Phi) is 5.17. The SMILES string of the molecule is CCCc1nc(C)cc(N[C@H]2C[C@H]3CO[C@H](C(C)C)CN3C2)n1. The van der Waals surface area contributed by atoms with Crippen LogP contribution in [0.3, 0.4) is 0 Å². The zero-order chi connectivity index (χ0) is 16.4. The van der Waals surface area contributed by atoms with Gasteiger partial charge in [0.15, 0.2) is 0 Å². The predicted octanol–water partition coefficient (Wildman–Crippen LogP) is 2.65. The van der Waals surface area contributed by atoms with Crippen LogP contribution >= 0.6 is 0 Å². The van der Waals surface area contributed by atoms with E-state index in [4.69, 9.17) is 4.74 Å². The highest BCUT2D eigenvalue weighted by Crippen LogP contribution is 2.27. The van der Waals surface area contributed by atoms with Gasteiger partial charge >= 0.3 is 0 Å². The van der Waals surface area contributed by atoms with Gasteiger partial charge in [-0.15, -0.1) is 0 Å². The van der Waals surface area contributed by atoms with Gasteiger partial charge in [-0.05, 0) is 25.7 Å². The van der Waals surface area contributed by atoms with E-state index in [0.717, 1.165) is 56.3 Å². The molecule has 23 heavy (non-hydrogen) atoms. The Morgan fingerprint density at radius 1 is 1.35 bits per heavy atom. The van der Waals surface area contributed by atoms with E-state index < -0.39 is 0 Å². The Morgan fingerprint density at radius 3 is 2.91 bits per heavy atom. The van der Waals surface area contributed by atoms with E-state index >= 15 is 0 Å². The molecule has 2 aliphatic heterocycles. The van der Waals surface area contributed by atoms with Crippen molar-refractivity contribution in [3.8, 4) is 0 Å². The molecule has 2 fully saturated rings. The van der Waals surface area contributed by atoms with Gasteiger partial charge in [0.25, 0.3) is 0 Å². The van der Waals surface area contributed by atoms with Gasteiger partial charge in [-0.3, -0.25) is 4.90 Å². The molecule has 5 heteroatoms. The molecule has 0 radical (unpaired) electrons. The van der Waals surface area contributed by atoms with Crippen molar-refractivity contribution in [2.45, 2.75) is 65.1 Å². The van der Waals surface area contributed by atoms with Gasteiger partial charge in [0.1, 0.15) is 11.6 Å². The monoisotopic (exact) mass is 318 g/mol. The van der Waals surface area contributed by atoms with Crippen molar-refractivity contribution >= 4 is 5.82 Å². The average molecular weight is 318 g/mol. The van der Waals surface area contributed by atoms with E-state index in [9.17, 15) is 0 Å². The molecule has 1 aromatic rings. The van der Waals surface area contributed by atoms with E-state index in [1.54, 1.807) is 0 Å². The molecule has 0 unspecified atom stereocenters. The molecule has 0 amide bonds. The van der Waals surface area contributed by atoms with Crippen molar-refractivity contribution in [2.24, 2.45) is 5.92 Å². The zero-order valence-corrected chi connectivity index (χ0v) is 14.9. The summed E-state index contributed by atoms with van der Waals surface area (Å²) in [6.45, 7) is 11.7. The van der Waals surface area contributed by atoms with E-state index in [-0.39, 0.29) is 0 Å². The topological polar surface area (TPSA) is 50.3 Å². The number of ether oxygens (including phenoxy) is 1. The van der Waals surface area contributed by atoms with Crippen molar-refractivity contribution in [3.05, 3.63) is 17.6 Å². The fraction of sp³-hybridized carbons (Fsp3) is 0.778. The molecule has 3 heterocycles. The molecule has 0 saturated carbocycles. The fourth-order valence-electron chi connectivity index (χ4n) is 3.66. The van der Waals surface area contributed by atoms with Crippen LogP contribution in [0.5, 0.6) is 0 Å². The molecule has 5 nitrogen and oxygen atoms in total. The number of aromatic nitrogens is 2. The van der Waals surface area contributed by atoms with Gasteiger partial charge in [-0.25, -0.2) is 9.97 Å². The van der Waals surface area contributed by atoms with Crippen LogP contribution in [0.2, 0.25) is 0 Å². The van der Waals surface area contributed by atoms with Crippen LogP contribution in [0.25, 0.3) is 0 Å². The Balaban J connectivity index is 1.62. The molecule has 2 aliphatic rings. The first kappa shape index (κ1) is 16.7. The molecular weight excluding hydrogens is 288 g/mol. The highest BCUT2D eigenvalue weighted by Gasteiger charge is 2.38. The summed E-state index contributed by atoms with van der Waals surface area (Å²) in [7, 11) is 0. The molecular formula is C18H30N4O. The Morgan fingerprint density at radius 2 is 2.17 bits per heavy atom. The van der Waals surface area contributed by atoms with E-state index in [1.165, 1.54) is 0 Å². The number of anilines is 1. The van der Waals surface area contributed by atoms with Crippen LogP contribution in [0.1, 0.15) is 45.1 Å². The van der Waals surface area contributed by atoms with Gasteiger partial charge < -0.3 is 10.1 Å². The largest absolute Gasteiger partial charge is 0.375 e. The van der Waals surface area contributed by atoms with E-state index in [1.807, 2.05) is 6.92 Å². The summed E-state index contributed by atoms with van der Waals surface area (Å²) in [5.41, 5.74) is 1.05. The van der Waals surface area contributed by atoms with Gasteiger partial charge in [-0.2, -0.15) is 0 Å². The summed E-state index contributed by atoms with van der Waals surface area (Å²) in [4.78, 5) is 11.8. The van der Waals surface area contributed by atoms with Crippen molar-refractivity contribution < 1.29 is 4.74 Å². The van der Waals surface area contributed by atoms with Crippen molar-refractivity contribution in [1.82, 2.24) is 14.9 Å². The second-order valence-electron chi connectivity index (χ2n) is 7.36. The maximum atomic E-state index is 6.03. The van der Waals surface area contributed by atoms with Crippen molar-refractivity contribution in [3.63, 3.8) is 0 Å². The Bertz CT molecular complexity index is 534. The Hall–Kier alpha value is -1.20. The minimum atomic E-state index is 0.377. The summed E-state index contributed by atoms with van der Waals surface area (Å²) in [5, 5.41) is 3.63. The van der Waals surface area contributed by atoms with Gasteiger partial charge in [-0.1, -0.05) is 20.8 Å². The lowest BCUT2D eigenvalue weighted by Crippen LogP contribution is -2.48. The summed E-state index contributed by atoms with van der Waals surface area (Å²) in [5.74, 6) is 2.52.